The number of nitrogens with zero attached hydrogens (tertiary/aromatic N) is 1. The smallest absolute Gasteiger partial charge is 0.320 e. The highest BCUT2D eigenvalue weighted by molar-refractivity contribution is 6.12. The van der Waals surface area contributed by atoms with E-state index in [1.807, 2.05) is 32.9 Å². The van der Waals surface area contributed by atoms with E-state index in [2.05, 4.69) is 16.0 Å². The lowest BCUT2D eigenvalue weighted by Gasteiger charge is -2.30. The minimum atomic E-state index is -1.74. The largest absolute Gasteiger partial charge is 0.351 e. The van der Waals surface area contributed by atoms with Crippen LogP contribution in [0, 0.1) is 12.7 Å². The molecule has 4 amide bonds. The standard InChI is InChI=1S/C30H33FN4O5/c1-4-39-27(40-5-2)19-35-25-9-7-6-8-24(25)30(28(35)37,18-26(36)32-22-16-12-21(31)13-17-22)34-29(38)33-23-14-10-20(3)11-15-23/h6-17,27H,4-5,18-19H2,1-3H3,(H,32,36)(H2,33,34,38). The van der Waals surface area contributed by atoms with Gasteiger partial charge in [-0.15, -0.1) is 0 Å². The lowest BCUT2D eigenvalue weighted by atomic mass is 9.87. The summed E-state index contributed by atoms with van der Waals surface area (Å²) in [4.78, 5) is 42.3. The van der Waals surface area contributed by atoms with Crippen molar-refractivity contribution in [2.45, 2.75) is 39.0 Å². The Morgan fingerprint density at radius 2 is 1.50 bits per heavy atom. The maximum Gasteiger partial charge on any atom is 0.320 e. The Morgan fingerprint density at radius 3 is 2.15 bits per heavy atom. The average Bonchev–Trinajstić information content (AvgIpc) is 3.14. The van der Waals surface area contributed by atoms with Crippen molar-refractivity contribution in [2.75, 3.05) is 35.3 Å². The van der Waals surface area contributed by atoms with Gasteiger partial charge >= 0.3 is 6.03 Å². The van der Waals surface area contributed by atoms with E-state index in [0.29, 0.717) is 35.8 Å². The third kappa shape index (κ3) is 6.47. The first-order valence-corrected chi connectivity index (χ1v) is 13.1. The zero-order chi connectivity index (χ0) is 28.7. The lowest BCUT2D eigenvalue weighted by molar-refractivity contribution is -0.138. The number of urea groups is 1. The molecule has 0 saturated carbocycles. The number of para-hydroxylation sites is 1. The normalized spacial score (nSPS) is 16.1. The van der Waals surface area contributed by atoms with Gasteiger partial charge in [0.05, 0.1) is 18.7 Å². The molecule has 9 nitrogen and oxygen atoms in total. The molecule has 0 radical (unpaired) electrons. The molecule has 0 bridgehead atoms. The predicted octanol–water partition coefficient (Wildman–Crippen LogP) is 4.93. The molecule has 1 atom stereocenters. The number of carbonyl (C=O) groups is 3. The summed E-state index contributed by atoms with van der Waals surface area (Å²) in [5, 5.41) is 8.26. The zero-order valence-corrected chi connectivity index (χ0v) is 22.7. The minimum absolute atomic E-state index is 0.0557. The van der Waals surface area contributed by atoms with Gasteiger partial charge in [0, 0.05) is 30.2 Å². The van der Waals surface area contributed by atoms with Crippen LogP contribution in [0.2, 0.25) is 0 Å². The molecule has 10 heteroatoms. The number of rotatable bonds is 11. The summed E-state index contributed by atoms with van der Waals surface area (Å²) >= 11 is 0. The Bertz CT molecular complexity index is 1280. The van der Waals surface area contributed by atoms with Crippen molar-refractivity contribution in [1.29, 1.82) is 0 Å². The molecule has 3 aromatic carbocycles. The molecule has 0 spiro atoms. The van der Waals surface area contributed by atoms with Crippen molar-refractivity contribution < 1.29 is 28.2 Å². The van der Waals surface area contributed by atoms with Crippen LogP contribution >= 0.6 is 0 Å². The zero-order valence-electron chi connectivity index (χ0n) is 22.7. The summed E-state index contributed by atoms with van der Waals surface area (Å²) in [7, 11) is 0. The summed E-state index contributed by atoms with van der Waals surface area (Å²) in [6, 6.07) is 18.8. The van der Waals surface area contributed by atoms with Gasteiger partial charge in [-0.05, 0) is 63.2 Å². The van der Waals surface area contributed by atoms with E-state index in [0.717, 1.165) is 5.56 Å². The van der Waals surface area contributed by atoms with E-state index in [4.69, 9.17) is 9.47 Å². The monoisotopic (exact) mass is 548 g/mol. The van der Waals surface area contributed by atoms with E-state index < -0.39 is 41.9 Å². The number of halogens is 1. The van der Waals surface area contributed by atoms with Gasteiger partial charge in [-0.3, -0.25) is 9.59 Å². The molecule has 3 aromatic rings. The van der Waals surface area contributed by atoms with Crippen LogP contribution in [0.5, 0.6) is 0 Å². The molecule has 0 aromatic heterocycles. The fraction of sp³-hybridized carbons (Fsp3) is 0.300. The van der Waals surface area contributed by atoms with Crippen molar-refractivity contribution in [2.24, 2.45) is 0 Å². The number of hydrogen-bond acceptors (Lipinski definition) is 5. The van der Waals surface area contributed by atoms with Gasteiger partial charge < -0.3 is 30.3 Å². The number of fused-ring (bicyclic) bond motifs is 1. The average molecular weight is 549 g/mol. The van der Waals surface area contributed by atoms with Gasteiger partial charge in [0.25, 0.3) is 5.91 Å². The van der Waals surface area contributed by atoms with Crippen molar-refractivity contribution in [3.63, 3.8) is 0 Å². The molecule has 0 fully saturated rings. The molecule has 4 rings (SSSR count). The second-order valence-corrected chi connectivity index (χ2v) is 9.36. The third-order valence-electron chi connectivity index (χ3n) is 6.49. The highest BCUT2D eigenvalue weighted by Gasteiger charge is 2.53. The SMILES string of the molecule is CCOC(CN1C(=O)C(CC(=O)Nc2ccc(F)cc2)(NC(=O)Nc2ccc(C)cc2)c2ccccc21)OCC. The second-order valence-electron chi connectivity index (χ2n) is 9.36. The fourth-order valence-electron chi connectivity index (χ4n) is 4.69. The van der Waals surface area contributed by atoms with Crippen LogP contribution < -0.4 is 20.9 Å². The molecule has 1 aliphatic heterocycles. The van der Waals surface area contributed by atoms with Crippen molar-refractivity contribution in [3.05, 3.63) is 89.7 Å². The number of ether oxygens (including phenoxy) is 2. The van der Waals surface area contributed by atoms with Crippen LogP contribution in [0.1, 0.15) is 31.4 Å². The highest BCUT2D eigenvalue weighted by Crippen LogP contribution is 2.43. The number of carbonyl (C=O) groups excluding carboxylic acids is 3. The minimum Gasteiger partial charge on any atom is -0.351 e. The van der Waals surface area contributed by atoms with Crippen LogP contribution in [0.3, 0.4) is 0 Å². The Balaban J connectivity index is 1.69. The summed E-state index contributed by atoms with van der Waals surface area (Å²) in [5.41, 5.74) is 1.15. The molecule has 1 aliphatic rings. The predicted molar refractivity (Wildman–Crippen MR) is 150 cm³/mol. The molecule has 1 heterocycles. The van der Waals surface area contributed by atoms with Crippen LogP contribution in [-0.2, 0) is 24.6 Å². The van der Waals surface area contributed by atoms with Gasteiger partial charge in [0.1, 0.15) is 5.82 Å². The molecule has 0 saturated heterocycles. The van der Waals surface area contributed by atoms with Crippen LogP contribution in [0.15, 0.2) is 72.8 Å². The van der Waals surface area contributed by atoms with Crippen molar-refractivity contribution >= 4 is 34.9 Å². The molecule has 210 valence electrons. The number of anilines is 3. The first-order valence-electron chi connectivity index (χ1n) is 13.1. The number of hydrogen-bond donors (Lipinski definition) is 3. The Labute approximate surface area is 232 Å². The van der Waals surface area contributed by atoms with Crippen LogP contribution in [0.4, 0.5) is 26.2 Å². The Hall–Kier alpha value is -4.28. The maximum atomic E-state index is 14.2. The van der Waals surface area contributed by atoms with Crippen LogP contribution in [-0.4, -0.2) is 43.9 Å². The summed E-state index contributed by atoms with van der Waals surface area (Å²) in [6.07, 6.45) is -1.12. The van der Waals surface area contributed by atoms with Gasteiger partial charge in [0.2, 0.25) is 5.91 Å². The molecule has 0 aliphatic carbocycles. The van der Waals surface area contributed by atoms with Gasteiger partial charge in [0.15, 0.2) is 11.8 Å². The molecular weight excluding hydrogens is 515 g/mol. The van der Waals surface area contributed by atoms with E-state index in [9.17, 15) is 18.8 Å². The molecular formula is C30H33FN4O5. The van der Waals surface area contributed by atoms with E-state index in [1.54, 1.807) is 36.4 Å². The van der Waals surface area contributed by atoms with Gasteiger partial charge in [-0.25, -0.2) is 9.18 Å². The summed E-state index contributed by atoms with van der Waals surface area (Å²) in [5.74, 6) is -1.50. The first-order chi connectivity index (χ1) is 19.3. The van der Waals surface area contributed by atoms with Crippen molar-refractivity contribution in [3.8, 4) is 0 Å². The first kappa shape index (κ1) is 28.7. The molecule has 3 N–H and O–H groups in total. The Kier molecular flexibility index (Phi) is 9.13. The van der Waals surface area contributed by atoms with E-state index >= 15 is 0 Å². The Morgan fingerprint density at radius 1 is 0.900 bits per heavy atom. The van der Waals surface area contributed by atoms with E-state index in [-0.39, 0.29) is 6.54 Å². The number of amides is 4. The summed E-state index contributed by atoms with van der Waals surface area (Å²) in [6.45, 7) is 6.38. The summed E-state index contributed by atoms with van der Waals surface area (Å²) < 4.78 is 24.8. The number of aryl methyl sites for hydroxylation is 1. The van der Waals surface area contributed by atoms with E-state index in [1.165, 1.54) is 29.2 Å². The topological polar surface area (TPSA) is 109 Å². The van der Waals surface area contributed by atoms with Crippen molar-refractivity contribution in [1.82, 2.24) is 5.32 Å². The molecule has 1 unspecified atom stereocenters. The lowest BCUT2D eigenvalue weighted by Crippen LogP contribution is -2.56. The number of nitrogens with one attached hydrogen (secondary N) is 3. The van der Waals surface area contributed by atoms with Gasteiger partial charge in [-0.1, -0.05) is 35.9 Å². The highest BCUT2D eigenvalue weighted by atomic mass is 19.1. The maximum absolute atomic E-state index is 14.2. The number of benzene rings is 3. The van der Waals surface area contributed by atoms with Crippen LogP contribution in [0.25, 0.3) is 0 Å². The second kappa shape index (κ2) is 12.7. The quantitative estimate of drug-likeness (QED) is 0.295. The fourth-order valence-corrected chi connectivity index (χ4v) is 4.69. The molecule has 40 heavy (non-hydrogen) atoms. The third-order valence-corrected chi connectivity index (χ3v) is 6.49. The van der Waals surface area contributed by atoms with Gasteiger partial charge in [-0.2, -0.15) is 0 Å².